The number of halogens is 3. The Hall–Kier alpha value is -2.40. The summed E-state index contributed by atoms with van der Waals surface area (Å²) in [5.41, 5.74) is 2.13. The number of alkyl halides is 1. The van der Waals surface area contributed by atoms with Crippen LogP contribution in [0.4, 0.5) is 13.2 Å². The molecular formula is C28H33F3N3O3S-. The molecule has 0 spiro atoms. The van der Waals surface area contributed by atoms with Gasteiger partial charge in [-0.25, -0.2) is 8.78 Å². The molecule has 0 saturated heterocycles. The van der Waals surface area contributed by atoms with Crippen LogP contribution in [0.1, 0.15) is 49.0 Å². The Morgan fingerprint density at radius 1 is 1.21 bits per heavy atom. The Morgan fingerprint density at radius 3 is 2.74 bits per heavy atom. The lowest BCUT2D eigenvalue weighted by Gasteiger charge is -2.43. The van der Waals surface area contributed by atoms with E-state index in [1.165, 1.54) is 12.1 Å². The van der Waals surface area contributed by atoms with Crippen molar-refractivity contribution in [3.05, 3.63) is 64.9 Å². The predicted molar refractivity (Wildman–Crippen MR) is 141 cm³/mol. The van der Waals surface area contributed by atoms with Crippen molar-refractivity contribution in [3.8, 4) is 5.75 Å². The molecule has 1 aliphatic heterocycles. The largest absolute Gasteiger partial charge is 0.772 e. The van der Waals surface area contributed by atoms with Crippen molar-refractivity contribution in [2.75, 3.05) is 38.7 Å². The summed E-state index contributed by atoms with van der Waals surface area (Å²) in [4.78, 5) is 5.49. The van der Waals surface area contributed by atoms with Crippen molar-refractivity contribution in [1.82, 2.24) is 15.2 Å². The van der Waals surface area contributed by atoms with E-state index >= 15 is 8.78 Å². The molecule has 0 bridgehead atoms. The van der Waals surface area contributed by atoms with Gasteiger partial charge in [0.15, 0.2) is 11.6 Å². The summed E-state index contributed by atoms with van der Waals surface area (Å²) in [6, 6.07) is 9.49. The quantitative estimate of drug-likeness (QED) is 0.252. The smallest absolute Gasteiger partial charge is 0.173 e. The van der Waals surface area contributed by atoms with Crippen LogP contribution in [0.25, 0.3) is 10.9 Å². The summed E-state index contributed by atoms with van der Waals surface area (Å²) in [6.07, 6.45) is 2.59. The fourth-order valence-corrected chi connectivity index (χ4v) is 6.57. The van der Waals surface area contributed by atoms with Crippen molar-refractivity contribution in [1.29, 1.82) is 0 Å². The topological polar surface area (TPSA) is 80.4 Å². The van der Waals surface area contributed by atoms with E-state index in [0.717, 1.165) is 35.0 Å². The number of hydrogen-bond donors (Lipinski definition) is 2. The van der Waals surface area contributed by atoms with Gasteiger partial charge < -0.3 is 19.6 Å². The number of aromatic amines is 1. The standard InChI is InChI=1S/C28H34F3N3O3S/c1-18-15-20-19-5-2-3-6-22(19)33-26(20)27(34(18)16-28(9-10-28)17-38(35)36)24-21(30)7-8-23(25(24)31)37-14-13-32-12-4-11-29/h2-3,5-8,18,27,32-33H,4,9-17H2,1H3,(H,35,36)/p-1/t18-,27-/m1/s1. The molecule has 2 heterocycles. The highest BCUT2D eigenvalue weighted by atomic mass is 32.2. The van der Waals surface area contributed by atoms with Gasteiger partial charge in [-0.15, -0.1) is 0 Å². The average Bonchev–Trinajstić information content (AvgIpc) is 3.53. The molecule has 1 saturated carbocycles. The average molecular weight is 549 g/mol. The Kier molecular flexibility index (Phi) is 8.14. The van der Waals surface area contributed by atoms with Gasteiger partial charge in [-0.05, 0) is 68.3 Å². The summed E-state index contributed by atoms with van der Waals surface area (Å²) >= 11 is -2.20. The van der Waals surface area contributed by atoms with Crippen molar-refractivity contribution >= 4 is 22.0 Å². The third kappa shape index (κ3) is 5.50. The van der Waals surface area contributed by atoms with Crippen LogP contribution in [0.3, 0.4) is 0 Å². The molecule has 206 valence electrons. The van der Waals surface area contributed by atoms with Crippen LogP contribution in [-0.2, 0) is 17.5 Å². The van der Waals surface area contributed by atoms with Crippen LogP contribution in [0, 0.1) is 17.0 Å². The molecule has 5 rings (SSSR count). The first-order valence-corrected chi connectivity index (χ1v) is 14.4. The van der Waals surface area contributed by atoms with E-state index in [4.69, 9.17) is 4.74 Å². The molecule has 0 radical (unpaired) electrons. The van der Waals surface area contributed by atoms with Crippen LogP contribution >= 0.6 is 0 Å². The maximum absolute atomic E-state index is 16.1. The van der Waals surface area contributed by atoms with Crippen LogP contribution < -0.4 is 10.1 Å². The third-order valence-electron chi connectivity index (χ3n) is 7.80. The number of rotatable bonds is 12. The molecule has 1 unspecified atom stereocenters. The Balaban J connectivity index is 1.53. The number of ether oxygens (including phenoxy) is 1. The Labute approximate surface area is 223 Å². The maximum Gasteiger partial charge on any atom is 0.173 e. The Bertz CT molecular complexity index is 1310. The first kappa shape index (κ1) is 27.2. The molecule has 1 aliphatic carbocycles. The van der Waals surface area contributed by atoms with Gasteiger partial charge in [0.1, 0.15) is 12.4 Å². The summed E-state index contributed by atoms with van der Waals surface area (Å²) in [7, 11) is 0. The molecule has 1 aromatic heterocycles. The van der Waals surface area contributed by atoms with Crippen LogP contribution in [0.5, 0.6) is 5.75 Å². The zero-order valence-corrected chi connectivity index (χ0v) is 22.2. The van der Waals surface area contributed by atoms with Gasteiger partial charge in [-0.3, -0.25) is 13.5 Å². The molecule has 2 N–H and O–H groups in total. The zero-order chi connectivity index (χ0) is 26.9. The van der Waals surface area contributed by atoms with Gasteiger partial charge >= 0.3 is 0 Å². The number of para-hydroxylation sites is 1. The molecule has 38 heavy (non-hydrogen) atoms. The molecule has 10 heteroatoms. The van der Waals surface area contributed by atoms with Gasteiger partial charge in [-0.1, -0.05) is 29.3 Å². The van der Waals surface area contributed by atoms with Crippen molar-refractivity contribution in [2.45, 2.75) is 44.7 Å². The van der Waals surface area contributed by atoms with E-state index < -0.39 is 40.8 Å². The summed E-state index contributed by atoms with van der Waals surface area (Å²) < 4.78 is 72.8. The zero-order valence-electron chi connectivity index (χ0n) is 21.4. The molecule has 2 aromatic carbocycles. The van der Waals surface area contributed by atoms with Gasteiger partial charge in [0.05, 0.1) is 18.3 Å². The molecule has 3 aromatic rings. The second-order valence-electron chi connectivity index (χ2n) is 10.6. The molecule has 1 fully saturated rings. The second-order valence-corrected chi connectivity index (χ2v) is 11.4. The van der Waals surface area contributed by atoms with Gasteiger partial charge in [0, 0.05) is 41.5 Å². The highest BCUT2D eigenvalue weighted by molar-refractivity contribution is 7.79. The van der Waals surface area contributed by atoms with Crippen molar-refractivity contribution in [3.63, 3.8) is 0 Å². The van der Waals surface area contributed by atoms with Gasteiger partial charge in [-0.2, -0.15) is 0 Å². The van der Waals surface area contributed by atoms with E-state index in [1.54, 1.807) is 0 Å². The summed E-state index contributed by atoms with van der Waals surface area (Å²) in [6.45, 7) is 3.08. The lowest BCUT2D eigenvalue weighted by molar-refractivity contribution is 0.116. The second kappa shape index (κ2) is 11.4. The number of hydrogen-bond acceptors (Lipinski definition) is 5. The number of fused-ring (bicyclic) bond motifs is 3. The number of H-pyrrole nitrogens is 1. The van der Waals surface area contributed by atoms with Crippen LogP contribution in [-0.4, -0.2) is 63.4 Å². The molecule has 0 amide bonds. The fraction of sp³-hybridized carbons (Fsp3) is 0.500. The minimum Gasteiger partial charge on any atom is -0.772 e. The summed E-state index contributed by atoms with van der Waals surface area (Å²) in [5.74, 6) is -1.46. The maximum atomic E-state index is 16.1. The first-order chi connectivity index (χ1) is 18.3. The SMILES string of the molecule is C[C@@H]1Cc2c([nH]c3ccccc23)[C@@H](c2c(F)ccc(OCCNCCCF)c2F)N1CC1(CS(=O)[O-])CC1. The molecule has 6 nitrogen and oxygen atoms in total. The predicted octanol–water partition coefficient (Wildman–Crippen LogP) is 4.77. The highest BCUT2D eigenvalue weighted by Gasteiger charge is 2.48. The van der Waals surface area contributed by atoms with E-state index in [9.17, 15) is 13.2 Å². The lowest BCUT2D eigenvalue weighted by Crippen LogP contribution is -2.46. The normalized spacial score (nSPS) is 21.4. The van der Waals surface area contributed by atoms with E-state index in [0.29, 0.717) is 32.5 Å². The molecule has 2 aliphatic rings. The number of nitrogens with zero attached hydrogens (tertiary/aromatic N) is 1. The number of benzene rings is 2. The monoisotopic (exact) mass is 548 g/mol. The van der Waals surface area contributed by atoms with Gasteiger partial charge in [0.2, 0.25) is 0 Å². The van der Waals surface area contributed by atoms with Gasteiger partial charge in [0.25, 0.3) is 0 Å². The number of aromatic nitrogens is 1. The minimum atomic E-state index is -2.20. The molecule has 3 atom stereocenters. The first-order valence-electron chi connectivity index (χ1n) is 13.1. The molecular weight excluding hydrogens is 515 g/mol. The van der Waals surface area contributed by atoms with E-state index in [1.807, 2.05) is 31.2 Å². The van der Waals surface area contributed by atoms with Crippen LogP contribution in [0.15, 0.2) is 36.4 Å². The fourth-order valence-electron chi connectivity index (χ4n) is 5.69. The van der Waals surface area contributed by atoms with Crippen LogP contribution in [0.2, 0.25) is 0 Å². The minimum absolute atomic E-state index is 0.0338. The van der Waals surface area contributed by atoms with E-state index in [-0.39, 0.29) is 29.7 Å². The highest BCUT2D eigenvalue weighted by Crippen LogP contribution is 2.51. The van der Waals surface area contributed by atoms with Crippen molar-refractivity contribution < 1.29 is 26.7 Å². The summed E-state index contributed by atoms with van der Waals surface area (Å²) in [5, 5.41) is 4.05. The Morgan fingerprint density at radius 2 is 2.00 bits per heavy atom. The third-order valence-corrected chi connectivity index (χ3v) is 8.65. The van der Waals surface area contributed by atoms with Crippen molar-refractivity contribution in [2.24, 2.45) is 5.41 Å². The number of nitrogens with one attached hydrogen (secondary N) is 2. The van der Waals surface area contributed by atoms with E-state index in [2.05, 4.69) is 15.2 Å². The lowest BCUT2D eigenvalue weighted by atomic mass is 9.87.